The van der Waals surface area contributed by atoms with Crippen molar-refractivity contribution in [3.8, 4) is 5.75 Å². The second-order valence-corrected chi connectivity index (χ2v) is 6.70. The summed E-state index contributed by atoms with van der Waals surface area (Å²) in [5, 5.41) is 0. The summed E-state index contributed by atoms with van der Waals surface area (Å²) in [6.07, 6.45) is -3.52. The van der Waals surface area contributed by atoms with E-state index in [0.717, 1.165) is 25.0 Å². The highest BCUT2D eigenvalue weighted by molar-refractivity contribution is 7.89. The van der Waals surface area contributed by atoms with Crippen molar-refractivity contribution in [3.63, 3.8) is 0 Å². The van der Waals surface area contributed by atoms with Gasteiger partial charge in [-0.1, -0.05) is 6.07 Å². The van der Waals surface area contributed by atoms with Crippen LogP contribution >= 0.6 is 0 Å². The van der Waals surface area contributed by atoms with Crippen molar-refractivity contribution in [2.24, 2.45) is 0 Å². The molecule has 1 N–H and O–H groups in total. The summed E-state index contributed by atoms with van der Waals surface area (Å²) in [7, 11) is -3.95. The Balaban J connectivity index is 2.13. The summed E-state index contributed by atoms with van der Waals surface area (Å²) in [5.41, 5.74) is 0. The number of halogens is 3. The first-order chi connectivity index (χ1) is 10.2. The zero-order valence-electron chi connectivity index (χ0n) is 11.8. The minimum Gasteiger partial charge on any atom is -0.406 e. The molecule has 9 heteroatoms. The third-order valence-corrected chi connectivity index (χ3v) is 4.77. The van der Waals surface area contributed by atoms with Crippen LogP contribution in [0.15, 0.2) is 29.2 Å². The van der Waals surface area contributed by atoms with Crippen LogP contribution in [0, 0.1) is 0 Å². The van der Waals surface area contributed by atoms with Gasteiger partial charge in [0.25, 0.3) is 0 Å². The Morgan fingerprint density at radius 1 is 1.41 bits per heavy atom. The topological polar surface area (TPSA) is 64.6 Å². The Hall–Kier alpha value is -1.32. The molecule has 1 aliphatic heterocycles. The molecule has 124 valence electrons. The maximum atomic E-state index is 12.2. The lowest BCUT2D eigenvalue weighted by atomic mass is 10.1. The van der Waals surface area contributed by atoms with Gasteiger partial charge in [0.15, 0.2) is 0 Å². The Bertz CT molecular complexity index is 612. The standard InChI is InChI=1S/C13H16F3NO4S/c1-9(12-6-3-7-20-12)17-22(18,19)11-5-2-4-10(8-11)21-13(14,15)16/h2,4-5,8-9,12,17H,3,6-7H2,1H3/t9-,12+/m1/s1. The molecule has 0 bridgehead atoms. The van der Waals surface area contributed by atoms with Gasteiger partial charge in [0.05, 0.1) is 11.0 Å². The van der Waals surface area contributed by atoms with Crippen LogP contribution in [-0.2, 0) is 14.8 Å². The van der Waals surface area contributed by atoms with Gasteiger partial charge >= 0.3 is 6.36 Å². The van der Waals surface area contributed by atoms with Crippen LogP contribution < -0.4 is 9.46 Å². The summed E-state index contributed by atoms with van der Waals surface area (Å²) in [6, 6.07) is 3.79. The quantitative estimate of drug-likeness (QED) is 0.895. The van der Waals surface area contributed by atoms with E-state index < -0.39 is 28.2 Å². The molecule has 1 heterocycles. The Morgan fingerprint density at radius 3 is 2.73 bits per heavy atom. The second kappa shape index (κ2) is 6.43. The number of rotatable bonds is 5. The normalized spacial score (nSPS) is 20.8. The molecule has 22 heavy (non-hydrogen) atoms. The molecule has 1 fully saturated rings. The Kier molecular flexibility index (Phi) is 4.98. The van der Waals surface area contributed by atoms with E-state index >= 15 is 0 Å². The van der Waals surface area contributed by atoms with Gasteiger partial charge in [-0.25, -0.2) is 13.1 Å². The third kappa shape index (κ3) is 4.59. The van der Waals surface area contributed by atoms with Gasteiger partial charge in [0, 0.05) is 18.7 Å². The van der Waals surface area contributed by atoms with E-state index in [1.54, 1.807) is 6.92 Å². The van der Waals surface area contributed by atoms with Crippen molar-refractivity contribution >= 4 is 10.0 Å². The van der Waals surface area contributed by atoms with Gasteiger partial charge in [0.2, 0.25) is 10.0 Å². The van der Waals surface area contributed by atoms with Gasteiger partial charge in [-0.05, 0) is 31.9 Å². The SMILES string of the molecule is C[C@@H](NS(=O)(=O)c1cccc(OC(F)(F)F)c1)[C@@H]1CCCO1. The molecule has 5 nitrogen and oxygen atoms in total. The smallest absolute Gasteiger partial charge is 0.406 e. The monoisotopic (exact) mass is 339 g/mol. The molecule has 0 saturated carbocycles. The van der Waals surface area contributed by atoms with Gasteiger partial charge in [-0.2, -0.15) is 0 Å². The van der Waals surface area contributed by atoms with E-state index in [1.807, 2.05) is 0 Å². The van der Waals surface area contributed by atoms with Crippen molar-refractivity contribution < 1.29 is 31.1 Å². The molecule has 1 aliphatic rings. The number of ether oxygens (including phenoxy) is 2. The summed E-state index contributed by atoms with van der Waals surface area (Å²) in [4.78, 5) is -0.293. The fourth-order valence-corrected chi connectivity index (χ4v) is 3.53. The minimum absolute atomic E-state index is 0.232. The summed E-state index contributed by atoms with van der Waals surface area (Å²) < 4.78 is 72.5. The van der Waals surface area contributed by atoms with Crippen molar-refractivity contribution in [2.45, 2.75) is 43.2 Å². The highest BCUT2D eigenvalue weighted by Crippen LogP contribution is 2.25. The number of benzene rings is 1. The van der Waals surface area contributed by atoms with Crippen LogP contribution in [-0.4, -0.2) is 33.5 Å². The first-order valence-electron chi connectivity index (χ1n) is 6.67. The van der Waals surface area contributed by atoms with Gasteiger partial charge in [-0.15, -0.1) is 13.2 Å². The average Bonchev–Trinajstić information content (AvgIpc) is 2.90. The van der Waals surface area contributed by atoms with E-state index in [9.17, 15) is 21.6 Å². The van der Waals surface area contributed by atoms with Crippen LogP contribution in [0.4, 0.5) is 13.2 Å². The number of sulfonamides is 1. The molecular weight excluding hydrogens is 323 g/mol. The summed E-state index contributed by atoms with van der Waals surface area (Å²) in [5.74, 6) is -0.583. The van der Waals surface area contributed by atoms with E-state index in [2.05, 4.69) is 9.46 Å². The molecule has 2 atom stereocenters. The molecule has 1 aromatic rings. The Labute approximate surface area is 126 Å². The van der Waals surface area contributed by atoms with Crippen molar-refractivity contribution in [2.75, 3.05) is 6.61 Å². The van der Waals surface area contributed by atoms with Crippen LogP contribution in [0.3, 0.4) is 0 Å². The predicted octanol–water partition coefficient (Wildman–Crippen LogP) is 2.43. The molecule has 0 aliphatic carbocycles. The zero-order valence-corrected chi connectivity index (χ0v) is 12.6. The van der Waals surface area contributed by atoms with E-state index in [-0.39, 0.29) is 11.0 Å². The lowest BCUT2D eigenvalue weighted by molar-refractivity contribution is -0.274. The molecule has 0 unspecified atom stereocenters. The molecule has 0 spiro atoms. The number of alkyl halides is 3. The third-order valence-electron chi connectivity index (χ3n) is 3.21. The molecule has 1 saturated heterocycles. The van der Waals surface area contributed by atoms with Crippen LogP contribution in [0.25, 0.3) is 0 Å². The molecule has 1 aromatic carbocycles. The van der Waals surface area contributed by atoms with Crippen molar-refractivity contribution in [3.05, 3.63) is 24.3 Å². The van der Waals surface area contributed by atoms with Gasteiger partial charge < -0.3 is 9.47 Å². The molecule has 2 rings (SSSR count). The average molecular weight is 339 g/mol. The van der Waals surface area contributed by atoms with Gasteiger partial charge in [0.1, 0.15) is 5.75 Å². The van der Waals surface area contributed by atoms with Gasteiger partial charge in [-0.3, -0.25) is 0 Å². The van der Waals surface area contributed by atoms with E-state index in [1.165, 1.54) is 12.1 Å². The fourth-order valence-electron chi connectivity index (χ4n) is 2.22. The fraction of sp³-hybridized carbons (Fsp3) is 0.538. The first-order valence-corrected chi connectivity index (χ1v) is 8.15. The van der Waals surface area contributed by atoms with E-state index in [0.29, 0.717) is 6.61 Å². The zero-order chi connectivity index (χ0) is 16.4. The molecule has 0 aromatic heterocycles. The number of hydrogen-bond acceptors (Lipinski definition) is 4. The number of nitrogens with one attached hydrogen (secondary N) is 1. The largest absolute Gasteiger partial charge is 0.573 e. The van der Waals surface area contributed by atoms with Crippen molar-refractivity contribution in [1.82, 2.24) is 4.72 Å². The van der Waals surface area contributed by atoms with Crippen LogP contribution in [0.1, 0.15) is 19.8 Å². The van der Waals surface area contributed by atoms with E-state index in [4.69, 9.17) is 4.74 Å². The Morgan fingerprint density at radius 2 is 2.14 bits per heavy atom. The van der Waals surface area contributed by atoms with Crippen LogP contribution in [0.5, 0.6) is 5.75 Å². The highest BCUT2D eigenvalue weighted by Gasteiger charge is 2.32. The van der Waals surface area contributed by atoms with Crippen LogP contribution in [0.2, 0.25) is 0 Å². The molecular formula is C13H16F3NO4S. The minimum atomic E-state index is -4.87. The first kappa shape index (κ1) is 17.0. The lowest BCUT2D eigenvalue weighted by Crippen LogP contribution is -2.40. The summed E-state index contributed by atoms with van der Waals surface area (Å²) >= 11 is 0. The highest BCUT2D eigenvalue weighted by atomic mass is 32.2. The lowest BCUT2D eigenvalue weighted by Gasteiger charge is -2.20. The maximum Gasteiger partial charge on any atom is 0.573 e. The maximum absolute atomic E-state index is 12.2. The molecule has 0 radical (unpaired) electrons. The second-order valence-electron chi connectivity index (χ2n) is 4.98. The number of hydrogen-bond donors (Lipinski definition) is 1. The predicted molar refractivity (Wildman–Crippen MR) is 71.9 cm³/mol. The van der Waals surface area contributed by atoms with Crippen molar-refractivity contribution in [1.29, 1.82) is 0 Å². The summed E-state index contributed by atoms with van der Waals surface area (Å²) in [6.45, 7) is 2.23. The molecule has 0 amide bonds.